The number of aliphatic carboxylic acids is 1. The van der Waals surface area contributed by atoms with Gasteiger partial charge in [0.2, 0.25) is 5.91 Å². The fourth-order valence-corrected chi connectivity index (χ4v) is 1.70. The van der Waals surface area contributed by atoms with Crippen LogP contribution >= 0.6 is 0 Å². The molecule has 1 aliphatic rings. The summed E-state index contributed by atoms with van der Waals surface area (Å²) in [6.07, 6.45) is 0.697. The Balaban J connectivity index is 2.82. The van der Waals surface area contributed by atoms with Crippen molar-refractivity contribution in [3.8, 4) is 0 Å². The van der Waals surface area contributed by atoms with Crippen LogP contribution in [0.3, 0.4) is 0 Å². The number of hydrogen-bond acceptors (Lipinski definition) is 3. The van der Waals surface area contributed by atoms with E-state index in [0.717, 1.165) is 0 Å². The second-order valence-electron chi connectivity index (χ2n) is 4.54. The van der Waals surface area contributed by atoms with Crippen molar-refractivity contribution in [1.29, 1.82) is 0 Å². The highest BCUT2D eigenvalue weighted by Crippen LogP contribution is 2.22. The maximum absolute atomic E-state index is 11.7. The summed E-state index contributed by atoms with van der Waals surface area (Å²) >= 11 is 0. The molecule has 1 rings (SSSR count). The van der Waals surface area contributed by atoms with Gasteiger partial charge in [-0.25, -0.2) is 0 Å². The van der Waals surface area contributed by atoms with Gasteiger partial charge in [-0.3, -0.25) is 14.5 Å². The van der Waals surface area contributed by atoms with Crippen LogP contribution in [-0.4, -0.2) is 59.0 Å². The number of carbonyl (C=O) groups excluding carboxylic acids is 1. The molecule has 86 valence electrons. The smallest absolute Gasteiger partial charge is 0.323 e. The molecule has 1 fully saturated rings. The summed E-state index contributed by atoms with van der Waals surface area (Å²) in [7, 11) is 3.43. The van der Waals surface area contributed by atoms with Gasteiger partial charge in [0.15, 0.2) is 0 Å². The highest BCUT2D eigenvalue weighted by molar-refractivity contribution is 5.85. The van der Waals surface area contributed by atoms with Gasteiger partial charge in [0.1, 0.15) is 5.54 Å². The van der Waals surface area contributed by atoms with E-state index in [4.69, 9.17) is 5.11 Å². The molecule has 0 aromatic carbocycles. The number of carboxylic acid groups (broad SMARTS) is 1. The Hall–Kier alpha value is -1.10. The van der Waals surface area contributed by atoms with Gasteiger partial charge < -0.3 is 10.0 Å². The maximum Gasteiger partial charge on any atom is 0.323 e. The zero-order valence-corrected chi connectivity index (χ0v) is 9.65. The monoisotopic (exact) mass is 214 g/mol. The van der Waals surface area contributed by atoms with Gasteiger partial charge >= 0.3 is 5.97 Å². The van der Waals surface area contributed by atoms with E-state index in [1.807, 2.05) is 0 Å². The lowest BCUT2D eigenvalue weighted by molar-refractivity contribution is -0.151. The molecular weight excluding hydrogens is 196 g/mol. The lowest BCUT2D eigenvalue weighted by Gasteiger charge is -2.35. The van der Waals surface area contributed by atoms with Crippen LogP contribution in [-0.2, 0) is 9.59 Å². The van der Waals surface area contributed by atoms with Crippen molar-refractivity contribution >= 4 is 11.9 Å². The fourth-order valence-electron chi connectivity index (χ4n) is 1.70. The van der Waals surface area contributed by atoms with Crippen molar-refractivity contribution in [2.45, 2.75) is 31.8 Å². The van der Waals surface area contributed by atoms with E-state index in [1.54, 1.807) is 37.7 Å². The van der Waals surface area contributed by atoms with E-state index in [0.29, 0.717) is 13.0 Å². The molecule has 1 heterocycles. The molecule has 0 aromatic heterocycles. The highest BCUT2D eigenvalue weighted by Gasteiger charge is 2.42. The number of likely N-dealkylation sites (tertiary alicyclic amines) is 1. The van der Waals surface area contributed by atoms with Crippen molar-refractivity contribution < 1.29 is 14.7 Å². The second kappa shape index (κ2) is 3.81. The van der Waals surface area contributed by atoms with Crippen LogP contribution < -0.4 is 0 Å². The Bertz CT molecular complexity index is 288. The average Bonchev–Trinajstić information content (AvgIpc) is 2.46. The van der Waals surface area contributed by atoms with Crippen molar-refractivity contribution in [2.75, 3.05) is 20.6 Å². The van der Waals surface area contributed by atoms with Crippen LogP contribution in [0.1, 0.15) is 20.3 Å². The van der Waals surface area contributed by atoms with Crippen molar-refractivity contribution in [1.82, 2.24) is 9.80 Å². The SMILES string of the molecule is CN1CCC(N(C)C(C)(C)C(=O)O)C1=O. The molecule has 0 bridgehead atoms. The van der Waals surface area contributed by atoms with E-state index in [1.165, 1.54) is 0 Å². The molecule has 15 heavy (non-hydrogen) atoms. The van der Waals surface area contributed by atoms with Gasteiger partial charge in [-0.05, 0) is 27.3 Å². The third kappa shape index (κ3) is 1.97. The Morgan fingerprint density at radius 2 is 2.13 bits per heavy atom. The first-order valence-corrected chi connectivity index (χ1v) is 4.99. The zero-order chi connectivity index (χ0) is 11.8. The Kier molecular flexibility index (Phi) is 3.04. The summed E-state index contributed by atoms with van der Waals surface area (Å²) in [6.45, 7) is 3.92. The standard InChI is InChI=1S/C10H18N2O3/c1-10(2,9(14)15)12(4)7-5-6-11(3)8(7)13/h7H,5-6H2,1-4H3,(H,14,15). The predicted molar refractivity (Wildman–Crippen MR) is 55.5 cm³/mol. The topological polar surface area (TPSA) is 60.9 Å². The minimum atomic E-state index is -1.01. The highest BCUT2D eigenvalue weighted by atomic mass is 16.4. The summed E-state index contributed by atoms with van der Waals surface area (Å²) < 4.78 is 0. The van der Waals surface area contributed by atoms with Crippen LogP contribution in [0.15, 0.2) is 0 Å². The summed E-state index contributed by atoms with van der Waals surface area (Å²) in [5.74, 6) is -0.904. The molecule has 0 aromatic rings. The molecule has 1 unspecified atom stereocenters. The van der Waals surface area contributed by atoms with Gasteiger partial charge in [0.05, 0.1) is 6.04 Å². The molecule has 1 aliphatic heterocycles. The van der Waals surface area contributed by atoms with Crippen LogP contribution in [0.5, 0.6) is 0 Å². The Morgan fingerprint density at radius 3 is 2.47 bits per heavy atom. The van der Waals surface area contributed by atoms with Crippen LogP contribution in [0.4, 0.5) is 0 Å². The van der Waals surface area contributed by atoms with E-state index in [9.17, 15) is 9.59 Å². The quantitative estimate of drug-likeness (QED) is 0.719. The molecule has 1 N–H and O–H groups in total. The molecule has 5 heteroatoms. The first-order valence-electron chi connectivity index (χ1n) is 4.99. The molecular formula is C10H18N2O3. The summed E-state index contributed by atoms with van der Waals surface area (Å²) in [5, 5.41) is 9.06. The minimum Gasteiger partial charge on any atom is -0.480 e. The van der Waals surface area contributed by atoms with E-state index < -0.39 is 11.5 Å². The lowest BCUT2D eigenvalue weighted by atomic mass is 10.0. The molecule has 0 saturated carbocycles. The number of nitrogens with zero attached hydrogens (tertiary/aromatic N) is 2. The summed E-state index contributed by atoms with van der Waals surface area (Å²) in [5.41, 5.74) is -1.01. The first-order chi connectivity index (χ1) is 6.78. The number of rotatable bonds is 3. The predicted octanol–water partition coefficient (Wildman–Crippen LogP) is 0.0121. The minimum absolute atomic E-state index is 0.00632. The maximum atomic E-state index is 11.7. The molecule has 1 saturated heterocycles. The molecule has 5 nitrogen and oxygen atoms in total. The zero-order valence-electron chi connectivity index (χ0n) is 9.65. The van der Waals surface area contributed by atoms with E-state index in [2.05, 4.69) is 0 Å². The molecule has 1 amide bonds. The number of amides is 1. The number of carbonyl (C=O) groups is 2. The Morgan fingerprint density at radius 1 is 1.60 bits per heavy atom. The summed E-state index contributed by atoms with van der Waals surface area (Å²) in [4.78, 5) is 26.0. The van der Waals surface area contributed by atoms with Gasteiger partial charge in [0, 0.05) is 13.6 Å². The van der Waals surface area contributed by atoms with Crippen molar-refractivity contribution in [2.24, 2.45) is 0 Å². The molecule has 0 aliphatic carbocycles. The van der Waals surface area contributed by atoms with Gasteiger partial charge in [-0.1, -0.05) is 0 Å². The van der Waals surface area contributed by atoms with Gasteiger partial charge in [-0.15, -0.1) is 0 Å². The second-order valence-corrected chi connectivity index (χ2v) is 4.54. The molecule has 0 spiro atoms. The number of hydrogen-bond donors (Lipinski definition) is 1. The molecule has 1 atom stereocenters. The first kappa shape index (κ1) is 12.0. The van der Waals surface area contributed by atoms with Gasteiger partial charge in [0.25, 0.3) is 0 Å². The van der Waals surface area contributed by atoms with Crippen LogP contribution in [0.2, 0.25) is 0 Å². The number of likely N-dealkylation sites (N-methyl/N-ethyl adjacent to an activating group) is 2. The largest absolute Gasteiger partial charge is 0.480 e. The lowest BCUT2D eigenvalue weighted by Crippen LogP contribution is -2.54. The normalized spacial score (nSPS) is 22.6. The fraction of sp³-hybridized carbons (Fsp3) is 0.800. The summed E-state index contributed by atoms with van der Waals surface area (Å²) in [6, 6.07) is -0.305. The van der Waals surface area contributed by atoms with Crippen LogP contribution in [0, 0.1) is 0 Å². The van der Waals surface area contributed by atoms with Crippen molar-refractivity contribution in [3.63, 3.8) is 0 Å². The third-order valence-corrected chi connectivity index (χ3v) is 3.27. The van der Waals surface area contributed by atoms with Crippen molar-refractivity contribution in [3.05, 3.63) is 0 Å². The molecule has 0 radical (unpaired) electrons. The van der Waals surface area contributed by atoms with E-state index >= 15 is 0 Å². The van der Waals surface area contributed by atoms with E-state index in [-0.39, 0.29) is 11.9 Å². The number of carboxylic acids is 1. The van der Waals surface area contributed by atoms with Crippen LogP contribution in [0.25, 0.3) is 0 Å². The average molecular weight is 214 g/mol. The Labute approximate surface area is 89.7 Å². The third-order valence-electron chi connectivity index (χ3n) is 3.27. The van der Waals surface area contributed by atoms with Gasteiger partial charge in [-0.2, -0.15) is 0 Å².